The molecule has 5 rings (SSSR count). The van der Waals surface area contributed by atoms with E-state index in [1.807, 2.05) is 48.4 Å². The first kappa shape index (κ1) is 17.5. The van der Waals surface area contributed by atoms with Crippen molar-refractivity contribution in [2.24, 2.45) is 5.41 Å². The van der Waals surface area contributed by atoms with E-state index in [-0.39, 0.29) is 11.3 Å². The lowest BCUT2D eigenvalue weighted by Gasteiger charge is -2.23. The van der Waals surface area contributed by atoms with Crippen LogP contribution in [0.4, 0.5) is 0 Å². The van der Waals surface area contributed by atoms with Crippen molar-refractivity contribution < 1.29 is 9.53 Å². The van der Waals surface area contributed by atoms with Crippen molar-refractivity contribution in [2.45, 2.75) is 26.3 Å². The van der Waals surface area contributed by atoms with Gasteiger partial charge in [0.2, 0.25) is 0 Å². The van der Waals surface area contributed by atoms with E-state index in [1.54, 1.807) is 18.4 Å². The molecule has 1 spiro atoms. The number of fused-ring (bicyclic) bond motifs is 1. The highest BCUT2D eigenvalue weighted by Crippen LogP contribution is 2.44. The average Bonchev–Trinajstić information content (AvgIpc) is 3.47. The van der Waals surface area contributed by atoms with E-state index >= 15 is 0 Å². The molecule has 0 bridgehead atoms. The summed E-state index contributed by atoms with van der Waals surface area (Å²) in [6, 6.07) is 12.1. The maximum atomic E-state index is 12.9. The molecule has 1 aromatic carbocycles. The number of hydrogen-bond acceptors (Lipinski definition) is 4. The molecule has 0 N–H and O–H groups in total. The van der Waals surface area contributed by atoms with Gasteiger partial charge in [0.25, 0.3) is 5.91 Å². The molecule has 3 aromatic rings. The third kappa shape index (κ3) is 2.75. The summed E-state index contributed by atoms with van der Waals surface area (Å²) < 4.78 is 7.87. The van der Waals surface area contributed by atoms with Gasteiger partial charge in [0.05, 0.1) is 23.9 Å². The Bertz CT molecular complexity index is 1050. The van der Waals surface area contributed by atoms with Crippen LogP contribution in [0.3, 0.4) is 0 Å². The number of aryl methyl sites for hydroxylation is 1. The largest absolute Gasteiger partial charge is 0.496 e. The second-order valence-corrected chi connectivity index (χ2v) is 9.20. The molecule has 0 aliphatic carbocycles. The number of imidazole rings is 1. The Kier molecular flexibility index (Phi) is 4.05. The zero-order valence-corrected chi connectivity index (χ0v) is 17.0. The van der Waals surface area contributed by atoms with Gasteiger partial charge in [-0.2, -0.15) is 0 Å². The first-order valence-electron chi connectivity index (χ1n) is 9.62. The number of benzene rings is 1. The van der Waals surface area contributed by atoms with Crippen LogP contribution < -0.4 is 4.74 Å². The first-order chi connectivity index (χ1) is 13.6. The number of carbonyl (C=O) groups is 1. The maximum absolute atomic E-state index is 12.9. The summed E-state index contributed by atoms with van der Waals surface area (Å²) in [6.07, 6.45) is 3.90. The van der Waals surface area contributed by atoms with Gasteiger partial charge in [0, 0.05) is 41.9 Å². The lowest BCUT2D eigenvalue weighted by molar-refractivity contribution is 0.0776. The summed E-state index contributed by atoms with van der Waals surface area (Å²) >= 11 is 1.58. The third-order valence-electron chi connectivity index (χ3n) is 6.02. The van der Waals surface area contributed by atoms with Crippen molar-refractivity contribution in [1.82, 2.24) is 14.5 Å². The zero-order valence-electron chi connectivity index (χ0n) is 16.1. The summed E-state index contributed by atoms with van der Waals surface area (Å²) in [4.78, 5) is 21.6. The highest BCUT2D eigenvalue weighted by atomic mass is 32.1. The number of hydrogen-bond donors (Lipinski definition) is 0. The minimum absolute atomic E-state index is 0.0995. The number of nitrogens with zero attached hydrogens (tertiary/aromatic N) is 3. The summed E-state index contributed by atoms with van der Waals surface area (Å²) in [5.74, 6) is 2.15. The predicted molar refractivity (Wildman–Crippen MR) is 110 cm³/mol. The van der Waals surface area contributed by atoms with Crippen LogP contribution in [0.25, 0.3) is 11.3 Å². The van der Waals surface area contributed by atoms with Gasteiger partial charge >= 0.3 is 0 Å². The number of rotatable bonds is 3. The van der Waals surface area contributed by atoms with Gasteiger partial charge in [0.15, 0.2) is 0 Å². The van der Waals surface area contributed by atoms with Gasteiger partial charge in [-0.15, -0.1) is 11.3 Å². The fourth-order valence-electron chi connectivity index (χ4n) is 4.62. The quantitative estimate of drug-likeness (QED) is 0.675. The molecule has 1 atom stereocenters. The van der Waals surface area contributed by atoms with Gasteiger partial charge < -0.3 is 14.2 Å². The standard InChI is InChI=1S/C22H23N3O2S/c1-15-7-8-19(28-15)21(26)24-10-9-22(13-24)11-20-23-12-17(25(20)14-22)16-5-3-4-6-18(16)27-2/h3-8,12H,9-11,13-14H2,1-2H3/t22-/m1/s1. The van der Waals surface area contributed by atoms with Crippen LogP contribution in [0.2, 0.25) is 0 Å². The van der Waals surface area contributed by atoms with Crippen LogP contribution in [-0.2, 0) is 13.0 Å². The Labute approximate surface area is 168 Å². The number of carbonyl (C=O) groups excluding carboxylic acids is 1. The van der Waals surface area contributed by atoms with E-state index in [2.05, 4.69) is 10.6 Å². The molecule has 5 nitrogen and oxygen atoms in total. The number of para-hydroxylation sites is 1. The van der Waals surface area contributed by atoms with Crippen LogP contribution in [0.15, 0.2) is 42.6 Å². The predicted octanol–water partition coefficient (Wildman–Crippen LogP) is 4.02. The van der Waals surface area contributed by atoms with Crippen molar-refractivity contribution in [3.63, 3.8) is 0 Å². The molecule has 28 heavy (non-hydrogen) atoms. The molecule has 4 heterocycles. The molecule has 2 aromatic heterocycles. The number of aromatic nitrogens is 2. The van der Waals surface area contributed by atoms with Crippen LogP contribution in [0.5, 0.6) is 5.75 Å². The lowest BCUT2D eigenvalue weighted by atomic mass is 9.86. The molecule has 1 saturated heterocycles. The Hall–Kier alpha value is -2.60. The fourth-order valence-corrected chi connectivity index (χ4v) is 5.45. The molecule has 2 aliphatic heterocycles. The van der Waals surface area contributed by atoms with Gasteiger partial charge in [-0.25, -0.2) is 4.98 Å². The molecule has 1 amide bonds. The van der Waals surface area contributed by atoms with E-state index in [9.17, 15) is 4.79 Å². The second kappa shape index (κ2) is 6.48. The fraction of sp³-hybridized carbons (Fsp3) is 0.364. The van der Waals surface area contributed by atoms with Gasteiger partial charge in [-0.05, 0) is 37.6 Å². The van der Waals surface area contributed by atoms with Crippen molar-refractivity contribution in [1.29, 1.82) is 0 Å². The first-order valence-corrected chi connectivity index (χ1v) is 10.4. The molecular formula is C22H23N3O2S. The lowest BCUT2D eigenvalue weighted by Crippen LogP contribution is -2.32. The normalized spacial score (nSPS) is 20.7. The number of amides is 1. The second-order valence-electron chi connectivity index (χ2n) is 7.91. The van der Waals surface area contributed by atoms with Gasteiger partial charge in [-0.3, -0.25) is 4.79 Å². The zero-order chi connectivity index (χ0) is 19.3. The minimum atomic E-state index is 0.0995. The summed E-state index contributed by atoms with van der Waals surface area (Å²) in [6.45, 7) is 4.58. The highest BCUT2D eigenvalue weighted by molar-refractivity contribution is 7.13. The molecule has 144 valence electrons. The molecule has 0 radical (unpaired) electrons. The molecule has 1 fully saturated rings. The van der Waals surface area contributed by atoms with Gasteiger partial charge in [-0.1, -0.05) is 12.1 Å². The maximum Gasteiger partial charge on any atom is 0.263 e. The van der Waals surface area contributed by atoms with E-state index in [0.29, 0.717) is 0 Å². The molecular weight excluding hydrogens is 370 g/mol. The Morgan fingerprint density at radius 2 is 2.07 bits per heavy atom. The monoisotopic (exact) mass is 393 g/mol. The van der Waals surface area contributed by atoms with E-state index in [1.165, 1.54) is 4.88 Å². The van der Waals surface area contributed by atoms with Crippen LogP contribution >= 0.6 is 11.3 Å². The topological polar surface area (TPSA) is 47.4 Å². The van der Waals surface area contributed by atoms with Crippen LogP contribution in [-0.4, -0.2) is 40.6 Å². The molecule has 0 saturated carbocycles. The minimum Gasteiger partial charge on any atom is -0.496 e. The highest BCUT2D eigenvalue weighted by Gasteiger charge is 2.46. The van der Waals surface area contributed by atoms with E-state index in [0.717, 1.165) is 60.2 Å². The SMILES string of the molecule is COc1ccccc1-c1cnc2n1C[C@]1(CCN(C(=O)c3ccc(C)s3)C1)C2. The van der Waals surface area contributed by atoms with E-state index in [4.69, 9.17) is 9.72 Å². The summed E-state index contributed by atoms with van der Waals surface area (Å²) in [7, 11) is 1.70. The van der Waals surface area contributed by atoms with Crippen molar-refractivity contribution in [3.8, 4) is 17.0 Å². The van der Waals surface area contributed by atoms with Gasteiger partial charge in [0.1, 0.15) is 11.6 Å². The van der Waals surface area contributed by atoms with Crippen LogP contribution in [0, 0.1) is 12.3 Å². The van der Waals surface area contributed by atoms with Crippen molar-refractivity contribution >= 4 is 17.2 Å². The van der Waals surface area contributed by atoms with Crippen LogP contribution in [0.1, 0.15) is 26.8 Å². The Morgan fingerprint density at radius 1 is 1.21 bits per heavy atom. The Balaban J connectivity index is 1.39. The van der Waals surface area contributed by atoms with E-state index < -0.39 is 0 Å². The van der Waals surface area contributed by atoms with Crippen molar-refractivity contribution in [3.05, 3.63) is 58.2 Å². The number of methoxy groups -OCH3 is 1. The molecule has 6 heteroatoms. The molecule has 0 unspecified atom stereocenters. The number of thiophene rings is 1. The summed E-state index contributed by atoms with van der Waals surface area (Å²) in [5.41, 5.74) is 2.27. The molecule has 2 aliphatic rings. The smallest absolute Gasteiger partial charge is 0.263 e. The van der Waals surface area contributed by atoms with Crippen molar-refractivity contribution in [2.75, 3.05) is 20.2 Å². The number of ether oxygens (including phenoxy) is 1. The summed E-state index contributed by atoms with van der Waals surface area (Å²) in [5, 5.41) is 0. The number of likely N-dealkylation sites (tertiary alicyclic amines) is 1. The third-order valence-corrected chi connectivity index (χ3v) is 7.01. The average molecular weight is 394 g/mol. The Morgan fingerprint density at radius 3 is 2.86 bits per heavy atom.